The van der Waals surface area contributed by atoms with Crippen LogP contribution in [0.5, 0.6) is 0 Å². The summed E-state index contributed by atoms with van der Waals surface area (Å²) >= 11 is 3.52. The molecule has 0 bridgehead atoms. The number of hydrogen-bond donors (Lipinski definition) is 1. The fraction of sp³-hybridized carbons (Fsp3) is 0.250. The molecular weight excluding hydrogens is 286 g/mol. The van der Waals surface area contributed by atoms with Crippen LogP contribution in [0.4, 0.5) is 0 Å². The average Bonchev–Trinajstić information content (AvgIpc) is 2.30. The van der Waals surface area contributed by atoms with Gasteiger partial charge in [0.25, 0.3) is 0 Å². The topological polar surface area (TPSA) is 26.0 Å². The number of aryl methyl sites for hydroxylation is 3. The second kappa shape index (κ2) is 5.25. The van der Waals surface area contributed by atoms with E-state index in [2.05, 4.69) is 73.1 Å². The van der Waals surface area contributed by atoms with Crippen molar-refractivity contribution in [1.29, 1.82) is 0 Å². The van der Waals surface area contributed by atoms with Crippen LogP contribution in [-0.4, -0.2) is 0 Å². The maximum absolute atomic E-state index is 6.36. The summed E-state index contributed by atoms with van der Waals surface area (Å²) in [6.45, 7) is 6.30. The number of nitrogens with two attached hydrogens (primary N) is 1. The van der Waals surface area contributed by atoms with E-state index in [1.165, 1.54) is 22.3 Å². The van der Waals surface area contributed by atoms with E-state index in [0.29, 0.717) is 0 Å². The van der Waals surface area contributed by atoms with Crippen LogP contribution in [0.15, 0.2) is 40.9 Å². The van der Waals surface area contributed by atoms with Gasteiger partial charge in [0, 0.05) is 4.47 Å². The average molecular weight is 304 g/mol. The Hall–Kier alpha value is -1.12. The fourth-order valence-electron chi connectivity index (χ4n) is 2.24. The SMILES string of the molecule is Cc1cc(C)cc(C(N)c2ccc(Br)c(C)c2)c1. The Morgan fingerprint density at radius 1 is 0.889 bits per heavy atom. The van der Waals surface area contributed by atoms with Crippen molar-refractivity contribution >= 4 is 15.9 Å². The van der Waals surface area contributed by atoms with Crippen LogP contribution in [-0.2, 0) is 0 Å². The van der Waals surface area contributed by atoms with E-state index < -0.39 is 0 Å². The van der Waals surface area contributed by atoms with Gasteiger partial charge in [-0.2, -0.15) is 0 Å². The third kappa shape index (κ3) is 2.82. The molecule has 1 atom stereocenters. The third-order valence-corrected chi connectivity index (χ3v) is 4.03. The number of hydrogen-bond acceptors (Lipinski definition) is 1. The quantitative estimate of drug-likeness (QED) is 0.873. The van der Waals surface area contributed by atoms with Gasteiger partial charge in [-0.25, -0.2) is 0 Å². The maximum atomic E-state index is 6.36. The second-order valence-electron chi connectivity index (χ2n) is 4.91. The molecule has 1 nitrogen and oxygen atoms in total. The minimum absolute atomic E-state index is 0.0598. The molecule has 0 aliphatic carbocycles. The zero-order chi connectivity index (χ0) is 13.3. The van der Waals surface area contributed by atoms with E-state index in [1.807, 2.05) is 0 Å². The Labute approximate surface area is 117 Å². The van der Waals surface area contributed by atoms with Crippen LogP contribution in [0, 0.1) is 20.8 Å². The van der Waals surface area contributed by atoms with Crippen molar-refractivity contribution in [2.75, 3.05) is 0 Å². The summed E-state index contributed by atoms with van der Waals surface area (Å²) in [6.07, 6.45) is 0. The molecule has 0 heterocycles. The molecule has 0 saturated carbocycles. The van der Waals surface area contributed by atoms with Crippen molar-refractivity contribution in [1.82, 2.24) is 0 Å². The summed E-state index contributed by atoms with van der Waals surface area (Å²) in [4.78, 5) is 0. The van der Waals surface area contributed by atoms with Crippen LogP contribution in [0.2, 0.25) is 0 Å². The standard InChI is InChI=1S/C16H18BrN/c1-10-6-11(2)8-14(7-10)16(18)13-4-5-15(17)12(3)9-13/h4-9,16H,18H2,1-3H3. The van der Waals surface area contributed by atoms with Crippen molar-refractivity contribution in [3.63, 3.8) is 0 Å². The van der Waals surface area contributed by atoms with Crippen LogP contribution in [0.3, 0.4) is 0 Å². The van der Waals surface area contributed by atoms with Crippen LogP contribution in [0.1, 0.15) is 33.9 Å². The monoisotopic (exact) mass is 303 g/mol. The molecule has 0 aliphatic heterocycles. The molecule has 0 aromatic heterocycles. The molecule has 2 rings (SSSR count). The Morgan fingerprint density at radius 2 is 1.50 bits per heavy atom. The van der Waals surface area contributed by atoms with Crippen molar-refractivity contribution < 1.29 is 0 Å². The Balaban J connectivity index is 2.40. The number of benzene rings is 2. The lowest BCUT2D eigenvalue weighted by molar-refractivity contribution is 0.865. The zero-order valence-corrected chi connectivity index (χ0v) is 12.6. The highest BCUT2D eigenvalue weighted by molar-refractivity contribution is 9.10. The molecule has 0 aliphatic rings. The van der Waals surface area contributed by atoms with Gasteiger partial charge < -0.3 is 5.73 Å². The van der Waals surface area contributed by atoms with Crippen LogP contribution in [0.25, 0.3) is 0 Å². The normalized spacial score (nSPS) is 12.5. The number of halogens is 1. The summed E-state index contributed by atoms with van der Waals surface area (Å²) in [6, 6.07) is 12.7. The molecule has 18 heavy (non-hydrogen) atoms. The largest absolute Gasteiger partial charge is 0.320 e. The molecule has 2 aromatic rings. The first-order chi connectivity index (χ1) is 8.47. The van der Waals surface area contributed by atoms with Crippen molar-refractivity contribution in [2.24, 2.45) is 5.73 Å². The predicted molar refractivity (Wildman–Crippen MR) is 80.8 cm³/mol. The van der Waals surface area contributed by atoms with Gasteiger partial charge in [-0.1, -0.05) is 57.4 Å². The molecule has 0 amide bonds. The smallest absolute Gasteiger partial charge is 0.0551 e. The molecule has 0 spiro atoms. The molecule has 0 fully saturated rings. The molecule has 1 unspecified atom stereocenters. The first-order valence-corrected chi connectivity index (χ1v) is 6.86. The molecule has 2 N–H and O–H groups in total. The summed E-state index contributed by atoms with van der Waals surface area (Å²) in [7, 11) is 0. The van der Waals surface area contributed by atoms with Gasteiger partial charge in [-0.15, -0.1) is 0 Å². The minimum Gasteiger partial charge on any atom is -0.320 e. The van der Waals surface area contributed by atoms with Gasteiger partial charge in [0.05, 0.1) is 6.04 Å². The van der Waals surface area contributed by atoms with Gasteiger partial charge in [-0.3, -0.25) is 0 Å². The van der Waals surface area contributed by atoms with Gasteiger partial charge in [0.1, 0.15) is 0 Å². The lowest BCUT2D eigenvalue weighted by Crippen LogP contribution is -2.12. The Kier molecular flexibility index (Phi) is 3.88. The fourth-order valence-corrected chi connectivity index (χ4v) is 2.49. The molecule has 0 radical (unpaired) electrons. The lowest BCUT2D eigenvalue weighted by Gasteiger charge is -2.15. The predicted octanol–water partition coefficient (Wildman–Crippen LogP) is 4.42. The van der Waals surface area contributed by atoms with Crippen molar-refractivity contribution in [3.05, 3.63) is 68.7 Å². The van der Waals surface area contributed by atoms with Gasteiger partial charge in [0.15, 0.2) is 0 Å². The summed E-state index contributed by atoms with van der Waals surface area (Å²) in [5, 5.41) is 0. The van der Waals surface area contributed by atoms with Crippen molar-refractivity contribution in [2.45, 2.75) is 26.8 Å². The van der Waals surface area contributed by atoms with Crippen LogP contribution < -0.4 is 5.73 Å². The highest BCUT2D eigenvalue weighted by atomic mass is 79.9. The first-order valence-electron chi connectivity index (χ1n) is 6.07. The van der Waals surface area contributed by atoms with Gasteiger partial charge in [0.2, 0.25) is 0 Å². The summed E-state index contributed by atoms with van der Waals surface area (Å²) in [5.74, 6) is 0. The lowest BCUT2D eigenvalue weighted by atomic mass is 9.95. The zero-order valence-electron chi connectivity index (χ0n) is 11.0. The van der Waals surface area contributed by atoms with E-state index in [0.717, 1.165) is 10.0 Å². The molecule has 0 saturated heterocycles. The molecule has 2 heteroatoms. The Bertz CT molecular complexity index is 555. The van der Waals surface area contributed by atoms with E-state index in [4.69, 9.17) is 5.73 Å². The first kappa shape index (κ1) is 13.3. The van der Waals surface area contributed by atoms with Gasteiger partial charge >= 0.3 is 0 Å². The molecule has 94 valence electrons. The van der Waals surface area contributed by atoms with E-state index in [-0.39, 0.29) is 6.04 Å². The minimum atomic E-state index is -0.0598. The highest BCUT2D eigenvalue weighted by Gasteiger charge is 2.10. The summed E-state index contributed by atoms with van der Waals surface area (Å²) < 4.78 is 1.12. The summed E-state index contributed by atoms with van der Waals surface area (Å²) in [5.41, 5.74) is 12.4. The highest BCUT2D eigenvalue weighted by Crippen LogP contribution is 2.25. The second-order valence-corrected chi connectivity index (χ2v) is 5.76. The van der Waals surface area contributed by atoms with Crippen LogP contribution >= 0.6 is 15.9 Å². The maximum Gasteiger partial charge on any atom is 0.0551 e. The molecule has 2 aromatic carbocycles. The van der Waals surface area contributed by atoms with E-state index >= 15 is 0 Å². The third-order valence-electron chi connectivity index (χ3n) is 3.14. The Morgan fingerprint density at radius 3 is 2.06 bits per heavy atom. The number of rotatable bonds is 2. The van der Waals surface area contributed by atoms with E-state index in [1.54, 1.807) is 0 Å². The molecular formula is C16H18BrN. The van der Waals surface area contributed by atoms with Crippen molar-refractivity contribution in [3.8, 4) is 0 Å². The van der Waals surface area contributed by atoms with Gasteiger partial charge in [-0.05, 0) is 43.5 Å². The van der Waals surface area contributed by atoms with E-state index in [9.17, 15) is 0 Å².